The molecule has 0 atom stereocenters. The number of aryl methyl sites for hydroxylation is 1. The Labute approximate surface area is 218 Å². The summed E-state index contributed by atoms with van der Waals surface area (Å²) in [5, 5.41) is 11.2. The fourth-order valence-electron chi connectivity index (χ4n) is 4.55. The molecule has 3 aromatic carbocycles. The molecule has 0 unspecified atom stereocenters. The summed E-state index contributed by atoms with van der Waals surface area (Å²) in [4.78, 5) is 29.1. The third-order valence-electron chi connectivity index (χ3n) is 6.64. The lowest BCUT2D eigenvalue weighted by molar-refractivity contribution is 0.0998. The van der Waals surface area contributed by atoms with E-state index in [1.165, 1.54) is 17.3 Å². The highest BCUT2D eigenvalue weighted by atomic mass is 32.2. The van der Waals surface area contributed by atoms with E-state index in [1.54, 1.807) is 24.3 Å². The second kappa shape index (κ2) is 9.40. The summed E-state index contributed by atoms with van der Waals surface area (Å²) in [5.41, 5.74) is 3.94. The SMILES string of the molecule is CCc1ccc(SC2=C(c3cc(C(C)(C)C)c(O)c(C(C)(C)C)c3)C(=O)c3ccccc3C2=O)cc1. The van der Waals surface area contributed by atoms with Crippen LogP contribution in [0.25, 0.3) is 5.57 Å². The Kier molecular flexibility index (Phi) is 6.78. The van der Waals surface area contributed by atoms with E-state index in [0.29, 0.717) is 27.2 Å². The molecular weight excluding hydrogens is 464 g/mol. The number of hydrogen-bond donors (Lipinski definition) is 1. The number of phenols is 1. The number of fused-ring (bicyclic) bond motifs is 1. The molecule has 1 N–H and O–H groups in total. The van der Waals surface area contributed by atoms with Crippen molar-refractivity contribution < 1.29 is 14.7 Å². The van der Waals surface area contributed by atoms with Gasteiger partial charge in [-0.25, -0.2) is 0 Å². The molecule has 0 spiro atoms. The van der Waals surface area contributed by atoms with Crippen LogP contribution in [-0.2, 0) is 17.3 Å². The predicted octanol–water partition coefficient (Wildman–Crippen LogP) is 8.13. The fraction of sp³-hybridized carbons (Fsp3) is 0.312. The minimum atomic E-state index is -0.358. The van der Waals surface area contributed by atoms with Crippen LogP contribution in [0.4, 0.5) is 0 Å². The molecule has 0 aliphatic heterocycles. The van der Waals surface area contributed by atoms with Crippen LogP contribution in [-0.4, -0.2) is 16.7 Å². The summed E-state index contributed by atoms with van der Waals surface area (Å²) in [7, 11) is 0. The van der Waals surface area contributed by atoms with Gasteiger partial charge in [-0.15, -0.1) is 0 Å². The Balaban J connectivity index is 2.01. The molecule has 186 valence electrons. The van der Waals surface area contributed by atoms with Crippen molar-refractivity contribution in [2.45, 2.75) is 70.6 Å². The number of rotatable bonds is 4. The van der Waals surface area contributed by atoms with E-state index in [2.05, 4.69) is 19.1 Å². The van der Waals surface area contributed by atoms with Crippen molar-refractivity contribution in [3.63, 3.8) is 0 Å². The number of phenolic OH excluding ortho intramolecular Hbond substituents is 1. The number of hydrogen-bond acceptors (Lipinski definition) is 4. The van der Waals surface area contributed by atoms with Gasteiger partial charge < -0.3 is 5.11 Å². The zero-order valence-electron chi connectivity index (χ0n) is 22.2. The molecule has 0 aromatic heterocycles. The van der Waals surface area contributed by atoms with Gasteiger partial charge >= 0.3 is 0 Å². The maximum Gasteiger partial charge on any atom is 0.201 e. The van der Waals surface area contributed by atoms with Crippen molar-refractivity contribution in [2.75, 3.05) is 0 Å². The zero-order valence-corrected chi connectivity index (χ0v) is 23.0. The number of Topliss-reactive ketones (excluding diaryl/α,β-unsaturated/α-hetero) is 2. The van der Waals surface area contributed by atoms with Crippen molar-refractivity contribution >= 4 is 28.9 Å². The number of ketones is 2. The lowest BCUT2D eigenvalue weighted by Crippen LogP contribution is -2.22. The molecule has 4 rings (SSSR count). The number of benzene rings is 3. The van der Waals surface area contributed by atoms with E-state index < -0.39 is 0 Å². The molecule has 4 heteroatoms. The molecule has 3 nitrogen and oxygen atoms in total. The number of carbonyl (C=O) groups is 2. The first-order chi connectivity index (χ1) is 16.8. The lowest BCUT2D eigenvalue weighted by Gasteiger charge is -2.29. The summed E-state index contributed by atoms with van der Waals surface area (Å²) < 4.78 is 0. The quantitative estimate of drug-likeness (QED) is 0.394. The first-order valence-corrected chi connectivity index (χ1v) is 13.2. The molecule has 0 heterocycles. The first kappa shape index (κ1) is 26.0. The standard InChI is InChI=1S/C32H34O3S/c1-8-19-13-15-21(16-14-19)36-30-26(27(33)22-11-9-10-12-23(22)28(30)34)20-17-24(31(2,3)4)29(35)25(18-20)32(5,6)7/h9-18,35H,8H2,1-7H3. The Morgan fingerprint density at radius 1 is 0.750 bits per heavy atom. The van der Waals surface area contributed by atoms with Gasteiger partial charge in [0, 0.05) is 32.7 Å². The third kappa shape index (κ3) is 4.79. The highest BCUT2D eigenvalue weighted by Gasteiger charge is 2.35. The molecule has 36 heavy (non-hydrogen) atoms. The summed E-state index contributed by atoms with van der Waals surface area (Å²) in [6, 6.07) is 18.9. The summed E-state index contributed by atoms with van der Waals surface area (Å²) in [5.74, 6) is -0.0607. The second-order valence-electron chi connectivity index (χ2n) is 11.4. The van der Waals surface area contributed by atoms with Crippen LogP contribution >= 0.6 is 11.8 Å². The van der Waals surface area contributed by atoms with Gasteiger partial charge in [0.05, 0.1) is 4.91 Å². The monoisotopic (exact) mass is 498 g/mol. The Hall–Kier alpha value is -3.11. The van der Waals surface area contributed by atoms with Crippen molar-refractivity contribution in [2.24, 2.45) is 0 Å². The Bertz CT molecular complexity index is 1350. The van der Waals surface area contributed by atoms with Crippen LogP contribution in [0.5, 0.6) is 5.75 Å². The molecule has 1 aliphatic carbocycles. The zero-order chi connectivity index (χ0) is 26.4. The average molecular weight is 499 g/mol. The summed E-state index contributed by atoms with van der Waals surface area (Å²) >= 11 is 1.34. The molecule has 0 bridgehead atoms. The van der Waals surface area contributed by atoms with E-state index >= 15 is 0 Å². The van der Waals surface area contributed by atoms with Crippen molar-refractivity contribution in [1.82, 2.24) is 0 Å². The molecule has 0 saturated carbocycles. The molecule has 0 fully saturated rings. The second-order valence-corrected chi connectivity index (χ2v) is 12.5. The number of aromatic hydroxyl groups is 1. The van der Waals surface area contributed by atoms with Crippen molar-refractivity contribution in [3.8, 4) is 5.75 Å². The number of carbonyl (C=O) groups excluding carboxylic acids is 2. The molecule has 0 amide bonds. The van der Waals surface area contributed by atoms with Crippen LogP contribution in [0.3, 0.4) is 0 Å². The molecule has 0 saturated heterocycles. The molecular formula is C32H34O3S. The minimum absolute atomic E-state index is 0.146. The van der Waals surface area contributed by atoms with Crippen LogP contribution in [0.1, 0.15) is 91.4 Å². The van der Waals surface area contributed by atoms with E-state index in [-0.39, 0.29) is 28.1 Å². The van der Waals surface area contributed by atoms with E-state index in [4.69, 9.17) is 0 Å². The van der Waals surface area contributed by atoms with Gasteiger partial charge in [-0.3, -0.25) is 9.59 Å². The van der Waals surface area contributed by atoms with Crippen molar-refractivity contribution in [3.05, 3.63) is 98.9 Å². The smallest absolute Gasteiger partial charge is 0.201 e. The number of thioether (sulfide) groups is 1. The first-order valence-electron chi connectivity index (χ1n) is 12.4. The van der Waals surface area contributed by atoms with Gasteiger partial charge in [0.25, 0.3) is 0 Å². The van der Waals surface area contributed by atoms with Gasteiger partial charge in [0.2, 0.25) is 5.78 Å². The Morgan fingerprint density at radius 3 is 1.72 bits per heavy atom. The molecule has 1 aliphatic rings. The van der Waals surface area contributed by atoms with Crippen LogP contribution in [0.2, 0.25) is 0 Å². The fourth-order valence-corrected chi connectivity index (χ4v) is 5.57. The third-order valence-corrected chi connectivity index (χ3v) is 7.74. The van der Waals surface area contributed by atoms with Gasteiger partial charge in [-0.05, 0) is 52.6 Å². The Morgan fingerprint density at radius 2 is 1.25 bits per heavy atom. The topological polar surface area (TPSA) is 54.4 Å². The van der Waals surface area contributed by atoms with E-state index in [1.807, 2.05) is 65.8 Å². The normalized spacial score (nSPS) is 14.3. The van der Waals surface area contributed by atoms with Gasteiger partial charge in [-0.1, -0.05) is 96.6 Å². The summed E-state index contributed by atoms with van der Waals surface area (Å²) in [6.07, 6.45) is 0.933. The van der Waals surface area contributed by atoms with Gasteiger partial charge in [-0.2, -0.15) is 0 Å². The minimum Gasteiger partial charge on any atom is -0.507 e. The maximum atomic E-state index is 14.0. The van der Waals surface area contributed by atoms with Crippen LogP contribution < -0.4 is 0 Å². The predicted molar refractivity (Wildman–Crippen MR) is 149 cm³/mol. The van der Waals surface area contributed by atoms with Crippen LogP contribution in [0.15, 0.2) is 70.5 Å². The maximum absolute atomic E-state index is 14.0. The average Bonchev–Trinajstić information content (AvgIpc) is 2.82. The molecule has 0 radical (unpaired) electrons. The summed E-state index contributed by atoms with van der Waals surface area (Å²) in [6.45, 7) is 14.4. The largest absolute Gasteiger partial charge is 0.507 e. The van der Waals surface area contributed by atoms with Crippen LogP contribution in [0, 0.1) is 0 Å². The molecule has 3 aromatic rings. The highest BCUT2D eigenvalue weighted by molar-refractivity contribution is 8.04. The lowest BCUT2D eigenvalue weighted by atomic mass is 9.76. The van der Waals surface area contributed by atoms with Gasteiger partial charge in [0.1, 0.15) is 5.75 Å². The van der Waals surface area contributed by atoms with E-state index in [0.717, 1.165) is 22.4 Å². The highest BCUT2D eigenvalue weighted by Crippen LogP contribution is 2.45. The number of allylic oxidation sites excluding steroid dienone is 2. The van der Waals surface area contributed by atoms with Gasteiger partial charge in [0.15, 0.2) is 5.78 Å². The van der Waals surface area contributed by atoms with Crippen molar-refractivity contribution in [1.29, 1.82) is 0 Å². The van der Waals surface area contributed by atoms with E-state index in [9.17, 15) is 14.7 Å².